The predicted octanol–water partition coefficient (Wildman–Crippen LogP) is 5.14. The molecule has 2 aliphatic heterocycles. The fourth-order valence-corrected chi connectivity index (χ4v) is 5.78. The molecule has 3 aromatic rings. The lowest BCUT2D eigenvalue weighted by Crippen LogP contribution is -2.50. The highest BCUT2D eigenvalue weighted by Gasteiger charge is 2.40. The van der Waals surface area contributed by atoms with Crippen molar-refractivity contribution in [1.82, 2.24) is 25.1 Å². The zero-order valence-electron chi connectivity index (χ0n) is 23.2. The van der Waals surface area contributed by atoms with Crippen LogP contribution in [0.3, 0.4) is 0 Å². The third kappa shape index (κ3) is 6.93. The Hall–Kier alpha value is -3.37. The summed E-state index contributed by atoms with van der Waals surface area (Å²) >= 11 is 0. The lowest BCUT2D eigenvalue weighted by Gasteiger charge is -2.40. The zero-order valence-corrected chi connectivity index (χ0v) is 23.2. The minimum Gasteiger partial charge on any atom is -0.381 e. The maximum atomic E-state index is 15.0. The molecule has 1 radical (unpaired) electrons. The van der Waals surface area contributed by atoms with E-state index in [0.29, 0.717) is 45.0 Å². The number of nitrogens with one attached hydrogen (secondary N) is 2. The molecular formula is C31H37F3N5O2. The van der Waals surface area contributed by atoms with Crippen LogP contribution in [0.5, 0.6) is 0 Å². The number of amides is 2. The van der Waals surface area contributed by atoms with Gasteiger partial charge < -0.3 is 24.8 Å². The van der Waals surface area contributed by atoms with E-state index in [1.54, 1.807) is 18.0 Å². The van der Waals surface area contributed by atoms with Crippen LogP contribution in [0.25, 0.3) is 11.3 Å². The Morgan fingerprint density at radius 3 is 2.63 bits per heavy atom. The molecule has 2 aliphatic rings. The zero-order chi connectivity index (χ0) is 28.9. The number of aromatic nitrogens is 2. The molecule has 2 aromatic carbocycles. The molecule has 5 rings (SSSR count). The second-order valence-corrected chi connectivity index (χ2v) is 11.1. The molecular weight excluding hydrogens is 531 g/mol. The largest absolute Gasteiger partial charge is 0.381 e. The van der Waals surface area contributed by atoms with Crippen molar-refractivity contribution in [2.75, 3.05) is 32.8 Å². The van der Waals surface area contributed by atoms with Crippen molar-refractivity contribution < 1.29 is 22.7 Å². The lowest BCUT2D eigenvalue weighted by atomic mass is 9.89. The van der Waals surface area contributed by atoms with Crippen molar-refractivity contribution in [3.63, 3.8) is 0 Å². The number of nitrogens with zero attached hydrogens (tertiary/aromatic N) is 3. The second-order valence-electron chi connectivity index (χ2n) is 11.1. The lowest BCUT2D eigenvalue weighted by molar-refractivity contribution is 0.0257. The summed E-state index contributed by atoms with van der Waals surface area (Å²) in [6.45, 7) is 7.98. The second kappa shape index (κ2) is 13.1. The molecule has 1 unspecified atom stereocenters. The number of carbonyl (C=O) groups excluding carboxylic acids is 1. The molecule has 219 valence electrons. The van der Waals surface area contributed by atoms with E-state index in [1.807, 2.05) is 34.9 Å². The Balaban J connectivity index is 1.65. The number of benzene rings is 2. The molecule has 7 nitrogen and oxygen atoms in total. The summed E-state index contributed by atoms with van der Waals surface area (Å²) in [5, 5.41) is 5.98. The van der Waals surface area contributed by atoms with Gasteiger partial charge in [0.05, 0.1) is 11.7 Å². The van der Waals surface area contributed by atoms with E-state index in [4.69, 9.17) is 9.72 Å². The number of carbonyl (C=O) groups is 1. The summed E-state index contributed by atoms with van der Waals surface area (Å²) in [6, 6.07) is 11.7. The van der Waals surface area contributed by atoms with Crippen molar-refractivity contribution in [2.24, 2.45) is 11.8 Å². The van der Waals surface area contributed by atoms with E-state index >= 15 is 0 Å². The molecule has 3 heterocycles. The van der Waals surface area contributed by atoms with E-state index in [2.05, 4.69) is 17.6 Å². The van der Waals surface area contributed by atoms with Crippen LogP contribution in [0.2, 0.25) is 0 Å². The molecule has 2 saturated heterocycles. The highest BCUT2D eigenvalue weighted by molar-refractivity contribution is 5.75. The Bertz CT molecular complexity index is 1310. The molecule has 41 heavy (non-hydrogen) atoms. The number of urea groups is 1. The predicted molar refractivity (Wildman–Crippen MR) is 151 cm³/mol. The van der Waals surface area contributed by atoms with Crippen LogP contribution in [0, 0.1) is 30.4 Å². The first-order chi connectivity index (χ1) is 19.8. The molecule has 10 heteroatoms. The number of halogens is 3. The van der Waals surface area contributed by atoms with Crippen molar-refractivity contribution >= 4 is 6.03 Å². The average molecular weight is 569 g/mol. The highest BCUT2D eigenvalue weighted by atomic mass is 19.1. The van der Waals surface area contributed by atoms with Crippen molar-refractivity contribution in [1.29, 1.82) is 0 Å². The summed E-state index contributed by atoms with van der Waals surface area (Å²) in [7, 11) is 0. The number of hydrogen-bond acceptors (Lipinski definition) is 4. The summed E-state index contributed by atoms with van der Waals surface area (Å²) in [6.07, 6.45) is 1.94. The van der Waals surface area contributed by atoms with Crippen molar-refractivity contribution in [2.45, 2.75) is 44.6 Å². The van der Waals surface area contributed by atoms with Gasteiger partial charge in [0.2, 0.25) is 0 Å². The molecule has 0 spiro atoms. The first-order valence-corrected chi connectivity index (χ1v) is 14.2. The number of ether oxygens (including phenoxy) is 1. The Kier molecular flexibility index (Phi) is 9.29. The summed E-state index contributed by atoms with van der Waals surface area (Å²) < 4.78 is 51.7. The van der Waals surface area contributed by atoms with Crippen LogP contribution in [0.4, 0.5) is 18.0 Å². The van der Waals surface area contributed by atoms with Crippen LogP contribution in [-0.4, -0.2) is 65.5 Å². The molecule has 2 fully saturated rings. The summed E-state index contributed by atoms with van der Waals surface area (Å²) in [5.41, 5.74) is 1.28. The number of imidazole rings is 1. The van der Waals surface area contributed by atoms with Crippen LogP contribution in [-0.2, 0) is 11.3 Å². The van der Waals surface area contributed by atoms with E-state index in [0.717, 1.165) is 23.8 Å². The van der Waals surface area contributed by atoms with Gasteiger partial charge in [0.1, 0.15) is 23.6 Å². The molecule has 0 bridgehead atoms. The Morgan fingerprint density at radius 1 is 1.20 bits per heavy atom. The molecule has 0 saturated carbocycles. The first kappa shape index (κ1) is 29.1. The summed E-state index contributed by atoms with van der Waals surface area (Å²) in [4.78, 5) is 20.4. The van der Waals surface area contributed by atoms with Crippen LogP contribution < -0.4 is 10.6 Å². The van der Waals surface area contributed by atoms with Gasteiger partial charge in [0.25, 0.3) is 0 Å². The van der Waals surface area contributed by atoms with E-state index < -0.39 is 29.8 Å². The topological polar surface area (TPSA) is 71.4 Å². The maximum absolute atomic E-state index is 15.0. The average Bonchev–Trinajstić information content (AvgIpc) is 3.56. The Morgan fingerprint density at radius 2 is 1.95 bits per heavy atom. The SMILES string of the molecule is [CH2][C@@H](C)NC(=O)N(C[C@@H]1CNC[C@@H]1F)C(c1nc(-c2cc(F)ccc2F)cn1Cc1ccccc1)C1CCOCC1. The van der Waals surface area contributed by atoms with Gasteiger partial charge in [-0.3, -0.25) is 0 Å². The van der Waals surface area contributed by atoms with Crippen LogP contribution in [0.1, 0.15) is 37.2 Å². The van der Waals surface area contributed by atoms with Gasteiger partial charge in [-0.2, -0.15) is 0 Å². The number of rotatable bonds is 9. The fraction of sp³-hybridized carbons (Fsp3) is 0.452. The minimum absolute atomic E-state index is 0.0370. The van der Waals surface area contributed by atoms with Crippen LogP contribution >= 0.6 is 0 Å². The van der Waals surface area contributed by atoms with Gasteiger partial charge in [0, 0.05) is 63.1 Å². The third-order valence-corrected chi connectivity index (χ3v) is 7.84. The van der Waals surface area contributed by atoms with Crippen molar-refractivity contribution in [3.05, 3.63) is 84.7 Å². The Labute approximate surface area is 239 Å². The van der Waals surface area contributed by atoms with Gasteiger partial charge in [-0.05, 0) is 56.4 Å². The molecule has 0 aliphatic carbocycles. The van der Waals surface area contributed by atoms with E-state index in [9.17, 15) is 18.0 Å². The fourth-order valence-electron chi connectivity index (χ4n) is 5.78. The maximum Gasteiger partial charge on any atom is 0.318 e. The summed E-state index contributed by atoms with van der Waals surface area (Å²) in [5.74, 6) is -1.09. The van der Waals surface area contributed by atoms with E-state index in [1.165, 1.54) is 0 Å². The monoisotopic (exact) mass is 568 g/mol. The van der Waals surface area contributed by atoms with Crippen molar-refractivity contribution in [3.8, 4) is 11.3 Å². The highest BCUT2D eigenvalue weighted by Crippen LogP contribution is 2.38. The third-order valence-electron chi connectivity index (χ3n) is 7.84. The molecule has 1 aromatic heterocycles. The molecule has 4 atom stereocenters. The van der Waals surface area contributed by atoms with Gasteiger partial charge in [-0.15, -0.1) is 0 Å². The van der Waals surface area contributed by atoms with Gasteiger partial charge in [-0.1, -0.05) is 30.3 Å². The smallest absolute Gasteiger partial charge is 0.318 e. The standard InChI is InChI=1S/C31H37F3N5O2/c1-20(2)36-31(40)39(18-23-15-35-16-27(23)34)29(22-10-12-41-13-11-22)30-37-28(25-14-24(32)8-9-26(25)33)19-38(30)17-21-6-4-3-5-7-21/h3-9,14,19-20,22-23,27,29,35H,1,10-13,15-18H2,2H3,(H,36,40)/t20-,23-,27-,29?/m0/s1. The first-order valence-electron chi connectivity index (χ1n) is 14.2. The van der Waals surface area contributed by atoms with Crippen LogP contribution in [0.15, 0.2) is 54.7 Å². The number of hydrogen-bond donors (Lipinski definition) is 2. The molecule has 2 N–H and O–H groups in total. The van der Waals surface area contributed by atoms with E-state index in [-0.39, 0.29) is 42.3 Å². The quantitative estimate of drug-likeness (QED) is 0.375. The van der Waals surface area contributed by atoms with Gasteiger partial charge >= 0.3 is 6.03 Å². The normalized spacial score (nSPS) is 20.3. The van der Waals surface area contributed by atoms with Gasteiger partial charge in [0.15, 0.2) is 0 Å². The molecule has 2 amide bonds. The minimum atomic E-state index is -1.10. The number of alkyl halides is 1. The van der Waals surface area contributed by atoms with Gasteiger partial charge in [-0.25, -0.2) is 22.9 Å².